The van der Waals surface area contributed by atoms with Crippen LogP contribution in [0.2, 0.25) is 0 Å². The van der Waals surface area contributed by atoms with Crippen molar-refractivity contribution in [3.63, 3.8) is 0 Å². The van der Waals surface area contributed by atoms with Crippen molar-refractivity contribution < 1.29 is 22.7 Å². The second-order valence-corrected chi connectivity index (χ2v) is 9.59. The van der Waals surface area contributed by atoms with Crippen molar-refractivity contribution in [2.75, 3.05) is 25.0 Å². The molecule has 0 aromatic heterocycles. The van der Waals surface area contributed by atoms with E-state index in [2.05, 4.69) is 5.32 Å². The molecule has 1 aliphatic rings. The SMILES string of the molecule is CCN(CC)S(=O)(=O)c1cccc(NC(=O)COc2ccc(C)c3c2C(=O)CC3C)c1. The van der Waals surface area contributed by atoms with E-state index in [1.807, 2.05) is 19.9 Å². The molecule has 1 amide bonds. The van der Waals surface area contributed by atoms with E-state index in [1.165, 1.54) is 16.4 Å². The molecule has 0 bridgehead atoms. The summed E-state index contributed by atoms with van der Waals surface area (Å²) >= 11 is 0. The molecule has 0 aliphatic heterocycles. The number of anilines is 1. The van der Waals surface area contributed by atoms with Gasteiger partial charge in [0.1, 0.15) is 5.75 Å². The van der Waals surface area contributed by atoms with Gasteiger partial charge in [0.05, 0.1) is 10.5 Å². The van der Waals surface area contributed by atoms with Crippen LogP contribution in [-0.4, -0.2) is 44.1 Å². The van der Waals surface area contributed by atoms with Crippen molar-refractivity contribution in [2.24, 2.45) is 0 Å². The highest BCUT2D eigenvalue weighted by Crippen LogP contribution is 2.40. The predicted molar refractivity (Wildman–Crippen MR) is 119 cm³/mol. The minimum absolute atomic E-state index is 0.0240. The fraction of sp³-hybridized carbons (Fsp3) is 0.391. The van der Waals surface area contributed by atoms with Gasteiger partial charge in [-0.15, -0.1) is 0 Å². The Morgan fingerprint density at radius 3 is 2.58 bits per heavy atom. The van der Waals surface area contributed by atoms with Crippen molar-refractivity contribution in [3.8, 4) is 5.75 Å². The molecule has 31 heavy (non-hydrogen) atoms. The van der Waals surface area contributed by atoms with Crippen molar-refractivity contribution in [1.82, 2.24) is 4.31 Å². The Kier molecular flexibility index (Phi) is 6.81. The number of carbonyl (C=O) groups is 2. The Morgan fingerprint density at radius 2 is 1.90 bits per heavy atom. The van der Waals surface area contributed by atoms with Gasteiger partial charge in [-0.1, -0.05) is 32.9 Å². The van der Waals surface area contributed by atoms with Crippen molar-refractivity contribution in [2.45, 2.75) is 44.9 Å². The Balaban J connectivity index is 1.72. The molecule has 1 unspecified atom stereocenters. The lowest BCUT2D eigenvalue weighted by molar-refractivity contribution is -0.118. The van der Waals surface area contributed by atoms with Crippen LogP contribution in [0.4, 0.5) is 5.69 Å². The van der Waals surface area contributed by atoms with Crippen LogP contribution in [0.15, 0.2) is 41.3 Å². The molecule has 0 spiro atoms. The summed E-state index contributed by atoms with van der Waals surface area (Å²) in [5.41, 5.74) is 2.95. The van der Waals surface area contributed by atoms with Crippen LogP contribution in [0.5, 0.6) is 5.75 Å². The summed E-state index contributed by atoms with van der Waals surface area (Å²) in [6.45, 7) is 7.96. The molecule has 1 atom stereocenters. The lowest BCUT2D eigenvalue weighted by Gasteiger charge is -2.19. The van der Waals surface area contributed by atoms with E-state index in [0.29, 0.717) is 36.5 Å². The standard InChI is InChI=1S/C23H28N2O5S/c1-5-25(6-2)31(28,29)18-9-7-8-17(13-18)24-21(27)14-30-20-11-10-15(3)22-16(4)12-19(26)23(20)22/h7-11,13,16H,5-6,12,14H2,1-4H3,(H,24,27). The summed E-state index contributed by atoms with van der Waals surface area (Å²) in [6, 6.07) is 9.74. The minimum Gasteiger partial charge on any atom is -0.483 e. The second-order valence-electron chi connectivity index (χ2n) is 7.65. The van der Waals surface area contributed by atoms with Crippen LogP contribution < -0.4 is 10.1 Å². The number of rotatable bonds is 8. The Morgan fingerprint density at radius 1 is 1.19 bits per heavy atom. The van der Waals surface area contributed by atoms with Crippen LogP contribution in [0.1, 0.15) is 54.6 Å². The first-order chi connectivity index (χ1) is 14.7. The molecule has 1 N–H and O–H groups in total. The summed E-state index contributed by atoms with van der Waals surface area (Å²) < 4.78 is 32.4. The van der Waals surface area contributed by atoms with Gasteiger partial charge >= 0.3 is 0 Å². The molecule has 0 fully saturated rings. The number of ether oxygens (including phenoxy) is 1. The molecule has 2 aromatic rings. The summed E-state index contributed by atoms with van der Waals surface area (Å²) in [5, 5.41) is 2.67. The van der Waals surface area contributed by atoms with Crippen LogP contribution in [0.3, 0.4) is 0 Å². The summed E-state index contributed by atoms with van der Waals surface area (Å²) in [7, 11) is -3.62. The highest BCUT2D eigenvalue weighted by Gasteiger charge is 2.31. The molecule has 166 valence electrons. The average molecular weight is 445 g/mol. The van der Waals surface area contributed by atoms with Gasteiger partial charge in [-0.05, 0) is 48.2 Å². The molecule has 1 aliphatic carbocycles. The average Bonchev–Trinajstić information content (AvgIpc) is 3.03. The first kappa shape index (κ1) is 23.0. The Hall–Kier alpha value is -2.71. The van der Waals surface area contributed by atoms with Crippen LogP contribution >= 0.6 is 0 Å². The zero-order chi connectivity index (χ0) is 22.8. The fourth-order valence-electron chi connectivity index (χ4n) is 4.02. The van der Waals surface area contributed by atoms with Gasteiger partial charge in [0.2, 0.25) is 10.0 Å². The number of hydrogen-bond donors (Lipinski definition) is 1. The van der Waals surface area contributed by atoms with Gasteiger partial charge < -0.3 is 10.1 Å². The summed E-state index contributed by atoms with van der Waals surface area (Å²) in [5.74, 6) is 0.124. The number of amides is 1. The number of nitrogens with one attached hydrogen (secondary N) is 1. The number of sulfonamides is 1. The van der Waals surface area contributed by atoms with E-state index < -0.39 is 15.9 Å². The lowest BCUT2D eigenvalue weighted by atomic mass is 9.97. The number of hydrogen-bond acceptors (Lipinski definition) is 5. The number of nitrogens with zero attached hydrogens (tertiary/aromatic N) is 1. The van der Waals surface area contributed by atoms with Gasteiger partial charge in [-0.2, -0.15) is 4.31 Å². The largest absolute Gasteiger partial charge is 0.483 e. The number of fused-ring (bicyclic) bond motifs is 1. The molecular weight excluding hydrogens is 416 g/mol. The molecule has 8 heteroatoms. The Labute approximate surface area is 183 Å². The molecule has 0 saturated carbocycles. The monoisotopic (exact) mass is 444 g/mol. The molecule has 0 heterocycles. The molecule has 7 nitrogen and oxygen atoms in total. The highest BCUT2D eigenvalue weighted by atomic mass is 32.2. The summed E-state index contributed by atoms with van der Waals surface area (Å²) in [6.07, 6.45) is 0.441. The van der Waals surface area contributed by atoms with Crippen LogP contribution in [0, 0.1) is 6.92 Å². The third-order valence-corrected chi connectivity index (χ3v) is 7.55. The van der Waals surface area contributed by atoms with Crippen LogP contribution in [0.25, 0.3) is 0 Å². The predicted octanol–water partition coefficient (Wildman–Crippen LogP) is 3.73. The third-order valence-electron chi connectivity index (χ3n) is 5.51. The quantitative estimate of drug-likeness (QED) is 0.670. The molecule has 3 rings (SSSR count). The molecular formula is C23H28N2O5S. The molecule has 2 aromatic carbocycles. The topological polar surface area (TPSA) is 92.8 Å². The van der Waals surface area contributed by atoms with E-state index >= 15 is 0 Å². The van der Waals surface area contributed by atoms with E-state index in [0.717, 1.165) is 11.1 Å². The van der Waals surface area contributed by atoms with Crippen LogP contribution in [-0.2, 0) is 14.8 Å². The van der Waals surface area contributed by atoms with Crippen molar-refractivity contribution >= 4 is 27.4 Å². The van der Waals surface area contributed by atoms with E-state index in [1.54, 1.807) is 32.0 Å². The number of aryl methyl sites for hydroxylation is 1. The zero-order valence-electron chi connectivity index (χ0n) is 18.3. The van der Waals surface area contributed by atoms with E-state index in [4.69, 9.17) is 4.74 Å². The number of carbonyl (C=O) groups excluding carboxylic acids is 2. The van der Waals surface area contributed by atoms with Gasteiger partial charge in [0.15, 0.2) is 12.4 Å². The third kappa shape index (κ3) is 4.65. The fourth-order valence-corrected chi connectivity index (χ4v) is 5.52. The van der Waals surface area contributed by atoms with Crippen molar-refractivity contribution in [3.05, 3.63) is 53.1 Å². The maximum absolute atomic E-state index is 12.7. The first-order valence-electron chi connectivity index (χ1n) is 10.4. The number of benzene rings is 2. The summed E-state index contributed by atoms with van der Waals surface area (Å²) in [4.78, 5) is 24.9. The van der Waals surface area contributed by atoms with Gasteiger partial charge in [0, 0.05) is 25.2 Å². The highest BCUT2D eigenvalue weighted by molar-refractivity contribution is 7.89. The zero-order valence-corrected chi connectivity index (χ0v) is 19.1. The van der Waals surface area contributed by atoms with E-state index in [9.17, 15) is 18.0 Å². The van der Waals surface area contributed by atoms with Gasteiger partial charge in [0.25, 0.3) is 5.91 Å². The molecule has 0 radical (unpaired) electrons. The van der Waals surface area contributed by atoms with Gasteiger partial charge in [-0.3, -0.25) is 9.59 Å². The van der Waals surface area contributed by atoms with Crippen molar-refractivity contribution in [1.29, 1.82) is 0 Å². The number of ketones is 1. The normalized spacial score (nSPS) is 15.8. The van der Waals surface area contributed by atoms with E-state index in [-0.39, 0.29) is 23.2 Å². The smallest absolute Gasteiger partial charge is 0.262 e. The maximum Gasteiger partial charge on any atom is 0.262 e. The second kappa shape index (κ2) is 9.20. The minimum atomic E-state index is -3.62. The number of Topliss-reactive ketones (excluding diaryl/α,β-unsaturated/α-hetero) is 1. The molecule has 0 saturated heterocycles. The lowest BCUT2D eigenvalue weighted by Crippen LogP contribution is -2.30. The Bertz CT molecular complexity index is 1110. The van der Waals surface area contributed by atoms with Gasteiger partial charge in [-0.25, -0.2) is 8.42 Å². The maximum atomic E-state index is 12.7. The first-order valence-corrected chi connectivity index (χ1v) is 11.8.